The number of hydrogen-bond donors (Lipinski definition) is 0. The number of ether oxygens (including phenoxy) is 1. The molecule has 1 fully saturated rings. The Kier molecular flexibility index (Phi) is 5.55. The third kappa shape index (κ3) is 4.70. The van der Waals surface area contributed by atoms with Crippen molar-refractivity contribution in [2.24, 2.45) is 0 Å². The van der Waals surface area contributed by atoms with Crippen molar-refractivity contribution in [3.63, 3.8) is 0 Å². The first-order valence-corrected chi connectivity index (χ1v) is 9.79. The van der Waals surface area contributed by atoms with Crippen LogP contribution in [0.3, 0.4) is 0 Å². The molecule has 1 aromatic rings. The van der Waals surface area contributed by atoms with E-state index in [1.807, 2.05) is 20.8 Å². The van der Waals surface area contributed by atoms with E-state index in [0.717, 1.165) is 5.75 Å². The van der Waals surface area contributed by atoms with Crippen molar-refractivity contribution in [1.29, 1.82) is 0 Å². The van der Waals surface area contributed by atoms with E-state index in [1.165, 1.54) is 4.31 Å². The van der Waals surface area contributed by atoms with Gasteiger partial charge in [0.25, 0.3) is 5.91 Å². The first kappa shape index (κ1) is 18.7. The summed E-state index contributed by atoms with van der Waals surface area (Å²) < 4.78 is 30.9. The van der Waals surface area contributed by atoms with Gasteiger partial charge in [-0.25, -0.2) is 8.42 Å². The zero-order valence-corrected chi connectivity index (χ0v) is 15.6. The fraction of sp³-hybridized carbons (Fsp3) is 0.588. The molecule has 7 heteroatoms. The average Bonchev–Trinajstić information content (AvgIpc) is 2.53. The maximum Gasteiger partial charge on any atom is 0.253 e. The van der Waals surface area contributed by atoms with Crippen molar-refractivity contribution >= 4 is 15.9 Å². The number of amides is 1. The predicted octanol–water partition coefficient (Wildman–Crippen LogP) is 1.97. The molecule has 0 saturated carbocycles. The topological polar surface area (TPSA) is 66.9 Å². The lowest BCUT2D eigenvalue weighted by atomic mass is 10.1. The number of nitrogens with zero attached hydrogens (tertiary/aromatic N) is 2. The zero-order chi connectivity index (χ0) is 18.0. The molecule has 0 N–H and O–H groups in total. The van der Waals surface area contributed by atoms with Gasteiger partial charge in [-0.2, -0.15) is 4.31 Å². The number of piperazine rings is 1. The highest BCUT2D eigenvalue weighted by Crippen LogP contribution is 2.19. The smallest absolute Gasteiger partial charge is 0.253 e. The summed E-state index contributed by atoms with van der Waals surface area (Å²) in [6.45, 7) is 9.08. The molecule has 1 saturated heterocycles. The van der Waals surface area contributed by atoms with Gasteiger partial charge >= 0.3 is 0 Å². The Hall–Kier alpha value is -1.60. The maximum absolute atomic E-state index is 12.5. The molecule has 1 aliphatic rings. The van der Waals surface area contributed by atoms with Crippen molar-refractivity contribution in [2.75, 3.05) is 31.9 Å². The summed E-state index contributed by atoms with van der Waals surface area (Å²) in [6, 6.07) is 7.07. The Labute approximate surface area is 144 Å². The molecular formula is C17H26N2O4S. The number of sulfonamides is 1. The molecular weight excluding hydrogens is 328 g/mol. The molecule has 1 heterocycles. The van der Waals surface area contributed by atoms with Gasteiger partial charge in [0.2, 0.25) is 10.0 Å². The highest BCUT2D eigenvalue weighted by atomic mass is 32.2. The second kappa shape index (κ2) is 7.11. The van der Waals surface area contributed by atoms with Gasteiger partial charge in [-0.1, -0.05) is 0 Å². The van der Waals surface area contributed by atoms with Crippen molar-refractivity contribution in [1.82, 2.24) is 9.21 Å². The third-order valence-corrected chi connectivity index (χ3v) is 5.69. The number of rotatable bonds is 4. The molecule has 0 aliphatic carbocycles. The molecule has 0 radical (unpaired) electrons. The molecule has 1 amide bonds. The number of carbonyl (C=O) groups is 1. The molecule has 2 rings (SSSR count). The molecule has 0 bridgehead atoms. The third-order valence-electron chi connectivity index (χ3n) is 3.81. The standard InChI is InChI=1S/C17H26N2O4S/c1-5-24(21,22)19-12-10-18(11-13-19)16(20)14-6-8-15(9-7-14)23-17(2,3)4/h6-9H,5,10-13H2,1-4H3. The quantitative estimate of drug-likeness (QED) is 0.829. The van der Waals surface area contributed by atoms with Crippen LogP contribution in [0.5, 0.6) is 5.75 Å². The van der Waals surface area contributed by atoms with Crippen molar-refractivity contribution in [3.05, 3.63) is 29.8 Å². The Morgan fingerprint density at radius 1 is 1.08 bits per heavy atom. The maximum atomic E-state index is 12.5. The molecule has 0 aromatic heterocycles. The van der Waals surface area contributed by atoms with Crippen LogP contribution in [0.15, 0.2) is 24.3 Å². The first-order chi connectivity index (χ1) is 11.1. The first-order valence-electron chi connectivity index (χ1n) is 8.18. The summed E-state index contributed by atoms with van der Waals surface area (Å²) >= 11 is 0. The van der Waals surface area contributed by atoms with E-state index in [0.29, 0.717) is 31.7 Å². The molecule has 134 valence electrons. The van der Waals surface area contributed by atoms with E-state index in [4.69, 9.17) is 4.74 Å². The van der Waals surface area contributed by atoms with E-state index in [9.17, 15) is 13.2 Å². The second-order valence-corrected chi connectivity index (χ2v) is 9.09. The normalized spacial score (nSPS) is 16.9. The van der Waals surface area contributed by atoms with E-state index >= 15 is 0 Å². The minimum Gasteiger partial charge on any atom is -0.488 e. The van der Waals surface area contributed by atoms with Crippen molar-refractivity contribution in [2.45, 2.75) is 33.3 Å². The highest BCUT2D eigenvalue weighted by molar-refractivity contribution is 7.89. The molecule has 1 aromatic carbocycles. The monoisotopic (exact) mass is 354 g/mol. The van der Waals surface area contributed by atoms with Crippen molar-refractivity contribution < 1.29 is 17.9 Å². The molecule has 0 spiro atoms. The van der Waals surface area contributed by atoms with Gasteiger partial charge in [0.05, 0.1) is 5.75 Å². The van der Waals surface area contributed by atoms with Gasteiger partial charge in [0, 0.05) is 31.7 Å². The van der Waals surface area contributed by atoms with Crippen LogP contribution in [0.2, 0.25) is 0 Å². The summed E-state index contributed by atoms with van der Waals surface area (Å²) in [5.41, 5.74) is 0.301. The SMILES string of the molecule is CCS(=O)(=O)N1CCN(C(=O)c2ccc(OC(C)(C)C)cc2)CC1. The van der Waals surface area contributed by atoms with Gasteiger partial charge in [0.15, 0.2) is 0 Å². The zero-order valence-electron chi connectivity index (χ0n) is 14.8. The number of carbonyl (C=O) groups excluding carboxylic acids is 1. The molecule has 24 heavy (non-hydrogen) atoms. The number of benzene rings is 1. The summed E-state index contributed by atoms with van der Waals surface area (Å²) in [5, 5.41) is 0. The van der Waals surface area contributed by atoms with Gasteiger partial charge in [-0.05, 0) is 52.0 Å². The lowest BCUT2D eigenvalue weighted by molar-refractivity contribution is 0.0698. The van der Waals surface area contributed by atoms with Crippen LogP contribution in [0, 0.1) is 0 Å². The van der Waals surface area contributed by atoms with Gasteiger partial charge in [-0.3, -0.25) is 4.79 Å². The van der Waals surface area contributed by atoms with Crippen LogP contribution < -0.4 is 4.74 Å². The highest BCUT2D eigenvalue weighted by Gasteiger charge is 2.28. The summed E-state index contributed by atoms with van der Waals surface area (Å²) in [5.74, 6) is 0.736. The minimum absolute atomic E-state index is 0.0779. The summed E-state index contributed by atoms with van der Waals surface area (Å²) in [4.78, 5) is 14.2. The molecule has 0 atom stereocenters. The van der Waals surface area contributed by atoms with Crippen LogP contribution in [0.1, 0.15) is 38.1 Å². The van der Waals surface area contributed by atoms with E-state index in [1.54, 1.807) is 36.1 Å². The van der Waals surface area contributed by atoms with E-state index < -0.39 is 10.0 Å². The Morgan fingerprint density at radius 3 is 2.08 bits per heavy atom. The largest absolute Gasteiger partial charge is 0.488 e. The molecule has 0 unspecified atom stereocenters. The van der Waals surface area contributed by atoms with Gasteiger partial charge in [-0.15, -0.1) is 0 Å². The van der Waals surface area contributed by atoms with Crippen LogP contribution in [0.25, 0.3) is 0 Å². The van der Waals surface area contributed by atoms with E-state index in [-0.39, 0.29) is 17.3 Å². The average molecular weight is 354 g/mol. The molecule has 6 nitrogen and oxygen atoms in total. The second-order valence-electron chi connectivity index (χ2n) is 6.83. The van der Waals surface area contributed by atoms with Crippen LogP contribution in [-0.2, 0) is 10.0 Å². The predicted molar refractivity (Wildman–Crippen MR) is 93.8 cm³/mol. The lowest BCUT2D eigenvalue weighted by Gasteiger charge is -2.33. The van der Waals surface area contributed by atoms with Gasteiger partial charge in [0.1, 0.15) is 11.4 Å². The van der Waals surface area contributed by atoms with Crippen LogP contribution >= 0.6 is 0 Å². The lowest BCUT2D eigenvalue weighted by Crippen LogP contribution is -2.50. The fourth-order valence-corrected chi connectivity index (χ4v) is 3.64. The minimum atomic E-state index is -3.18. The van der Waals surface area contributed by atoms with Crippen LogP contribution in [-0.4, -0.2) is 61.1 Å². The van der Waals surface area contributed by atoms with Crippen molar-refractivity contribution in [3.8, 4) is 5.75 Å². The summed E-state index contributed by atoms with van der Waals surface area (Å²) in [6.07, 6.45) is 0. The molecule has 1 aliphatic heterocycles. The Morgan fingerprint density at radius 2 is 1.62 bits per heavy atom. The Bertz CT molecular complexity index is 670. The van der Waals surface area contributed by atoms with Gasteiger partial charge < -0.3 is 9.64 Å². The van der Waals surface area contributed by atoms with E-state index in [2.05, 4.69) is 0 Å². The fourth-order valence-electron chi connectivity index (χ4n) is 2.55. The summed E-state index contributed by atoms with van der Waals surface area (Å²) in [7, 11) is -3.18. The Balaban J connectivity index is 1.98. The van der Waals surface area contributed by atoms with Crippen LogP contribution in [0.4, 0.5) is 0 Å². The number of hydrogen-bond acceptors (Lipinski definition) is 4.